The predicted octanol–water partition coefficient (Wildman–Crippen LogP) is 3.08. The number of aryl methyl sites for hydroxylation is 2. The number of hydrogen-bond acceptors (Lipinski definition) is 7. The molecule has 0 spiro atoms. The Hall–Kier alpha value is -3.66. The van der Waals surface area contributed by atoms with Gasteiger partial charge in [0, 0.05) is 34.9 Å². The van der Waals surface area contributed by atoms with E-state index in [4.69, 9.17) is 0 Å². The molecular weight excluding hydrogens is 390 g/mol. The fourth-order valence-corrected chi connectivity index (χ4v) is 3.52. The second-order valence-corrected chi connectivity index (χ2v) is 7.29. The third kappa shape index (κ3) is 3.97. The molecule has 3 heterocycles. The molecule has 0 bridgehead atoms. The number of nitrogens with one attached hydrogen (secondary N) is 2. The Morgan fingerprint density at radius 1 is 1.03 bits per heavy atom. The Morgan fingerprint density at radius 3 is 2.52 bits per heavy atom. The van der Waals surface area contributed by atoms with Crippen molar-refractivity contribution in [2.75, 3.05) is 10.6 Å². The lowest BCUT2D eigenvalue weighted by Crippen LogP contribution is -2.13. The molecule has 0 saturated carbocycles. The highest BCUT2D eigenvalue weighted by molar-refractivity contribution is 7.14. The van der Waals surface area contributed by atoms with E-state index in [1.54, 1.807) is 12.1 Å². The summed E-state index contributed by atoms with van der Waals surface area (Å²) in [6.07, 6.45) is 0. The van der Waals surface area contributed by atoms with Gasteiger partial charge in [0.2, 0.25) is 11.7 Å². The summed E-state index contributed by atoms with van der Waals surface area (Å²) in [5.74, 6) is -0.165. The second kappa shape index (κ2) is 7.40. The number of aromatic nitrogens is 5. The SMILES string of the molecule is CC(=O)Nc1ccc(-c2csc(NC(=O)c3nc4nc(C)cc(C)n4n3)n2)cc1. The van der Waals surface area contributed by atoms with Crippen molar-refractivity contribution in [2.45, 2.75) is 20.8 Å². The zero-order valence-electron chi connectivity index (χ0n) is 15.9. The molecule has 9 nitrogen and oxygen atoms in total. The normalized spacial score (nSPS) is 10.9. The Morgan fingerprint density at radius 2 is 1.79 bits per heavy atom. The molecule has 0 aliphatic carbocycles. The van der Waals surface area contributed by atoms with Crippen molar-refractivity contribution >= 4 is 39.7 Å². The number of carbonyl (C=O) groups excluding carboxylic acids is 2. The lowest BCUT2D eigenvalue weighted by Gasteiger charge is -2.02. The van der Waals surface area contributed by atoms with Crippen LogP contribution in [0, 0.1) is 13.8 Å². The van der Waals surface area contributed by atoms with Crippen molar-refractivity contribution in [3.05, 3.63) is 52.9 Å². The number of rotatable bonds is 4. The third-order valence-electron chi connectivity index (χ3n) is 4.05. The van der Waals surface area contributed by atoms with Gasteiger partial charge in [-0.15, -0.1) is 16.4 Å². The molecule has 10 heteroatoms. The number of anilines is 2. The van der Waals surface area contributed by atoms with Gasteiger partial charge >= 0.3 is 0 Å². The Bertz CT molecular complexity index is 1230. The maximum absolute atomic E-state index is 12.5. The van der Waals surface area contributed by atoms with Crippen molar-refractivity contribution in [3.8, 4) is 11.3 Å². The van der Waals surface area contributed by atoms with Crippen molar-refractivity contribution in [2.24, 2.45) is 0 Å². The van der Waals surface area contributed by atoms with Crippen LogP contribution in [0.5, 0.6) is 0 Å². The van der Waals surface area contributed by atoms with E-state index in [1.165, 1.54) is 22.8 Å². The molecule has 0 unspecified atom stereocenters. The zero-order valence-corrected chi connectivity index (χ0v) is 16.7. The van der Waals surface area contributed by atoms with Crippen LogP contribution in [-0.2, 0) is 4.79 Å². The number of benzene rings is 1. The first-order valence-electron chi connectivity index (χ1n) is 8.75. The largest absolute Gasteiger partial charge is 0.326 e. The maximum atomic E-state index is 12.5. The van der Waals surface area contributed by atoms with Gasteiger partial charge < -0.3 is 5.32 Å². The minimum Gasteiger partial charge on any atom is -0.326 e. The molecule has 0 saturated heterocycles. The lowest BCUT2D eigenvalue weighted by molar-refractivity contribution is -0.114. The van der Waals surface area contributed by atoms with E-state index in [0.29, 0.717) is 16.6 Å². The van der Waals surface area contributed by atoms with Gasteiger partial charge in [0.15, 0.2) is 5.13 Å². The Labute approximate surface area is 169 Å². The molecule has 0 fully saturated rings. The Kier molecular flexibility index (Phi) is 4.77. The summed E-state index contributed by atoms with van der Waals surface area (Å²) in [5.41, 5.74) is 3.96. The van der Waals surface area contributed by atoms with Crippen LogP contribution in [0.15, 0.2) is 35.7 Å². The van der Waals surface area contributed by atoms with E-state index in [-0.39, 0.29) is 11.7 Å². The van der Waals surface area contributed by atoms with Crippen LogP contribution < -0.4 is 10.6 Å². The lowest BCUT2D eigenvalue weighted by atomic mass is 10.1. The summed E-state index contributed by atoms with van der Waals surface area (Å²) in [5, 5.41) is 11.9. The van der Waals surface area contributed by atoms with E-state index >= 15 is 0 Å². The summed E-state index contributed by atoms with van der Waals surface area (Å²) in [6.45, 7) is 5.20. The van der Waals surface area contributed by atoms with Crippen molar-refractivity contribution < 1.29 is 9.59 Å². The van der Waals surface area contributed by atoms with Gasteiger partial charge in [-0.2, -0.15) is 4.98 Å². The number of thiazole rings is 1. The van der Waals surface area contributed by atoms with Gasteiger partial charge in [-0.25, -0.2) is 14.5 Å². The van der Waals surface area contributed by atoms with Gasteiger partial charge in [-0.1, -0.05) is 12.1 Å². The molecule has 0 aliphatic rings. The molecule has 2 amide bonds. The average molecular weight is 407 g/mol. The topological polar surface area (TPSA) is 114 Å². The highest BCUT2D eigenvalue weighted by Gasteiger charge is 2.17. The average Bonchev–Trinajstić information content (AvgIpc) is 3.29. The second-order valence-electron chi connectivity index (χ2n) is 6.44. The van der Waals surface area contributed by atoms with Crippen LogP contribution >= 0.6 is 11.3 Å². The molecule has 4 rings (SSSR count). The van der Waals surface area contributed by atoms with Gasteiger partial charge in [-0.05, 0) is 32.0 Å². The molecule has 3 aromatic heterocycles. The fourth-order valence-electron chi connectivity index (χ4n) is 2.81. The quantitative estimate of drug-likeness (QED) is 0.537. The molecule has 0 radical (unpaired) electrons. The number of hydrogen-bond donors (Lipinski definition) is 2. The molecular formula is C19H17N7O2S. The molecule has 0 aliphatic heterocycles. The van der Waals surface area contributed by atoms with Crippen molar-refractivity contribution in [1.29, 1.82) is 0 Å². The first kappa shape index (κ1) is 18.7. The number of carbonyl (C=O) groups is 2. The first-order chi connectivity index (χ1) is 13.9. The van der Waals surface area contributed by atoms with Crippen LogP contribution in [0.2, 0.25) is 0 Å². The molecule has 146 valence electrons. The summed E-state index contributed by atoms with van der Waals surface area (Å²) >= 11 is 1.30. The van der Waals surface area contributed by atoms with Crippen molar-refractivity contribution in [1.82, 2.24) is 24.6 Å². The van der Waals surface area contributed by atoms with Gasteiger partial charge in [0.1, 0.15) is 0 Å². The molecule has 0 atom stereocenters. The number of nitrogens with zero attached hydrogens (tertiary/aromatic N) is 5. The van der Waals surface area contributed by atoms with Crippen LogP contribution in [0.25, 0.3) is 17.0 Å². The van der Waals surface area contributed by atoms with E-state index in [0.717, 1.165) is 22.6 Å². The highest BCUT2D eigenvalue weighted by Crippen LogP contribution is 2.26. The Balaban J connectivity index is 1.51. The third-order valence-corrected chi connectivity index (χ3v) is 4.80. The van der Waals surface area contributed by atoms with Gasteiger partial charge in [-0.3, -0.25) is 14.9 Å². The van der Waals surface area contributed by atoms with Gasteiger partial charge in [0.05, 0.1) is 5.69 Å². The molecule has 29 heavy (non-hydrogen) atoms. The maximum Gasteiger partial charge on any atom is 0.297 e. The summed E-state index contributed by atoms with van der Waals surface area (Å²) in [6, 6.07) is 9.17. The van der Waals surface area contributed by atoms with Crippen LogP contribution in [-0.4, -0.2) is 36.4 Å². The zero-order chi connectivity index (χ0) is 20.5. The standard InChI is InChI=1S/C19H17N7O2S/c1-10-8-11(2)26-18(20-10)23-16(25-26)17(28)24-19-22-15(9-29-19)13-4-6-14(7-5-13)21-12(3)27/h4-9H,1-3H3,(H,21,27)(H,22,24,28). The van der Waals surface area contributed by atoms with E-state index in [2.05, 4.69) is 30.7 Å². The minimum absolute atomic E-state index is 0.0302. The molecule has 4 aromatic rings. The minimum atomic E-state index is -0.450. The van der Waals surface area contributed by atoms with Crippen molar-refractivity contribution in [3.63, 3.8) is 0 Å². The number of amides is 2. The summed E-state index contributed by atoms with van der Waals surface area (Å²) < 4.78 is 1.53. The van der Waals surface area contributed by atoms with Crippen LogP contribution in [0.3, 0.4) is 0 Å². The predicted molar refractivity (Wildman–Crippen MR) is 110 cm³/mol. The molecule has 1 aromatic carbocycles. The van der Waals surface area contributed by atoms with E-state index < -0.39 is 5.91 Å². The van der Waals surface area contributed by atoms with E-state index in [9.17, 15) is 9.59 Å². The highest BCUT2D eigenvalue weighted by atomic mass is 32.1. The van der Waals surface area contributed by atoms with Crippen LogP contribution in [0.4, 0.5) is 10.8 Å². The van der Waals surface area contributed by atoms with Crippen LogP contribution in [0.1, 0.15) is 28.9 Å². The first-order valence-corrected chi connectivity index (χ1v) is 9.63. The summed E-state index contributed by atoms with van der Waals surface area (Å²) in [7, 11) is 0. The molecule has 2 N–H and O–H groups in total. The smallest absolute Gasteiger partial charge is 0.297 e. The summed E-state index contributed by atoms with van der Waals surface area (Å²) in [4.78, 5) is 36.6. The van der Waals surface area contributed by atoms with Gasteiger partial charge in [0.25, 0.3) is 11.7 Å². The van der Waals surface area contributed by atoms with E-state index in [1.807, 2.05) is 37.4 Å². The number of fused-ring (bicyclic) bond motifs is 1. The fraction of sp³-hybridized carbons (Fsp3) is 0.158. The monoisotopic (exact) mass is 407 g/mol.